The average molecular weight is 425 g/mol. The third kappa shape index (κ3) is 6.54. The first-order valence-electron chi connectivity index (χ1n) is 10.8. The predicted molar refractivity (Wildman–Crippen MR) is 123 cm³/mol. The van der Waals surface area contributed by atoms with Gasteiger partial charge in [0.1, 0.15) is 0 Å². The van der Waals surface area contributed by atoms with Crippen LogP contribution in [-0.2, 0) is 4.79 Å². The highest BCUT2D eigenvalue weighted by atomic mass is 16.3. The molecule has 1 aliphatic rings. The maximum absolute atomic E-state index is 12.5. The number of rotatable bonds is 8. The number of hydrogen-bond donors (Lipinski definition) is 3. The number of carbonyl (C=O) groups excluding carboxylic acids is 2. The number of hydrogen-bond acceptors (Lipinski definition) is 4. The van der Waals surface area contributed by atoms with Gasteiger partial charge in [-0.3, -0.25) is 4.79 Å². The molecule has 0 radical (unpaired) electrons. The molecule has 0 bridgehead atoms. The van der Waals surface area contributed by atoms with Gasteiger partial charge in [-0.25, -0.2) is 4.79 Å². The number of nitrogens with zero attached hydrogens (tertiary/aromatic N) is 2. The molecule has 2 aromatic rings. The van der Waals surface area contributed by atoms with Gasteiger partial charge in [-0.2, -0.15) is 0 Å². The molecule has 0 aliphatic carbocycles. The van der Waals surface area contributed by atoms with Crippen molar-refractivity contribution in [3.05, 3.63) is 60.2 Å². The number of nitrogens with one attached hydrogen (secondary N) is 2. The molecule has 2 atom stereocenters. The minimum atomic E-state index is -0.683. The van der Waals surface area contributed by atoms with Crippen LogP contribution in [0.3, 0.4) is 0 Å². The minimum absolute atomic E-state index is 0.120. The molecule has 2 aromatic carbocycles. The summed E-state index contributed by atoms with van der Waals surface area (Å²) in [5.74, 6) is -0.0465. The first-order valence-corrected chi connectivity index (χ1v) is 10.8. The van der Waals surface area contributed by atoms with E-state index in [1.807, 2.05) is 67.5 Å². The number of aliphatic hydroxyl groups is 1. The van der Waals surface area contributed by atoms with Crippen molar-refractivity contribution in [2.24, 2.45) is 5.92 Å². The van der Waals surface area contributed by atoms with Crippen molar-refractivity contribution in [2.45, 2.75) is 25.4 Å². The fourth-order valence-electron chi connectivity index (χ4n) is 3.90. The van der Waals surface area contributed by atoms with Gasteiger partial charge in [-0.1, -0.05) is 36.4 Å². The highest BCUT2D eigenvalue weighted by Gasteiger charge is 2.23. The molecule has 31 heavy (non-hydrogen) atoms. The monoisotopic (exact) mass is 424 g/mol. The Morgan fingerprint density at radius 2 is 1.90 bits per heavy atom. The summed E-state index contributed by atoms with van der Waals surface area (Å²) in [6.45, 7) is 1.66. The molecule has 3 rings (SSSR count). The van der Waals surface area contributed by atoms with Crippen molar-refractivity contribution in [1.82, 2.24) is 10.2 Å². The highest BCUT2D eigenvalue weighted by molar-refractivity contribution is 5.95. The summed E-state index contributed by atoms with van der Waals surface area (Å²) < 4.78 is 0. The topological polar surface area (TPSA) is 84.9 Å². The lowest BCUT2D eigenvalue weighted by Crippen LogP contribution is -2.39. The van der Waals surface area contributed by atoms with Gasteiger partial charge < -0.3 is 25.5 Å². The Labute approximate surface area is 184 Å². The van der Waals surface area contributed by atoms with Gasteiger partial charge in [0.2, 0.25) is 5.91 Å². The predicted octanol–water partition coefficient (Wildman–Crippen LogP) is 3.24. The third-order valence-electron chi connectivity index (χ3n) is 5.45. The standard InChI is InChI=1S/C24H32N4O3/c1-27(2)17-19(23(30)18-9-4-3-5-10-18)16-25-24(31)26-20-11-8-12-21(15-20)28-14-7-6-13-22(28)29/h3-5,8-12,15,19,23,30H,6-7,13-14,16-17H2,1-2H3,(H2,25,26,31)/t19-,23-/m1/s1. The molecule has 7 nitrogen and oxygen atoms in total. The Morgan fingerprint density at radius 3 is 2.61 bits per heavy atom. The van der Waals surface area contributed by atoms with Crippen molar-refractivity contribution >= 4 is 23.3 Å². The largest absolute Gasteiger partial charge is 0.388 e. The number of amides is 3. The Morgan fingerprint density at radius 1 is 1.13 bits per heavy atom. The Hall–Kier alpha value is -2.90. The van der Waals surface area contributed by atoms with Gasteiger partial charge in [-0.05, 0) is 50.7 Å². The zero-order valence-corrected chi connectivity index (χ0v) is 18.3. The molecule has 1 fully saturated rings. The summed E-state index contributed by atoms with van der Waals surface area (Å²) in [5.41, 5.74) is 2.25. The molecule has 0 aromatic heterocycles. The molecule has 0 unspecified atom stereocenters. The lowest BCUT2D eigenvalue weighted by atomic mass is 9.95. The van der Waals surface area contributed by atoms with Gasteiger partial charge in [0.25, 0.3) is 0 Å². The van der Waals surface area contributed by atoms with E-state index in [1.165, 1.54) is 0 Å². The van der Waals surface area contributed by atoms with Gasteiger partial charge in [0.05, 0.1) is 6.10 Å². The second-order valence-electron chi connectivity index (χ2n) is 8.27. The SMILES string of the molecule is CN(C)C[C@@H](CNC(=O)Nc1cccc(N2CCCCC2=O)c1)[C@H](O)c1ccccc1. The first-order chi connectivity index (χ1) is 14.9. The second-order valence-corrected chi connectivity index (χ2v) is 8.27. The summed E-state index contributed by atoms with van der Waals surface area (Å²) >= 11 is 0. The number of piperidine rings is 1. The minimum Gasteiger partial charge on any atom is -0.388 e. The smallest absolute Gasteiger partial charge is 0.319 e. The zero-order valence-electron chi connectivity index (χ0n) is 18.3. The quantitative estimate of drug-likeness (QED) is 0.607. The maximum Gasteiger partial charge on any atom is 0.319 e. The number of aliphatic hydroxyl groups excluding tert-OH is 1. The van der Waals surface area contributed by atoms with Gasteiger partial charge >= 0.3 is 6.03 Å². The molecular formula is C24H32N4O3. The molecule has 3 N–H and O–H groups in total. The van der Waals surface area contributed by atoms with Crippen LogP contribution >= 0.6 is 0 Å². The molecule has 0 spiro atoms. The molecular weight excluding hydrogens is 392 g/mol. The molecule has 1 aliphatic heterocycles. The van der Waals surface area contributed by atoms with Crippen LogP contribution in [0.1, 0.15) is 30.9 Å². The van der Waals surface area contributed by atoms with Crippen LogP contribution < -0.4 is 15.5 Å². The fourth-order valence-corrected chi connectivity index (χ4v) is 3.90. The Kier molecular flexibility index (Phi) is 8.03. The van der Waals surface area contributed by atoms with Crippen LogP contribution in [-0.4, -0.2) is 55.7 Å². The van der Waals surface area contributed by atoms with Crippen LogP contribution in [0.15, 0.2) is 54.6 Å². The molecule has 0 saturated carbocycles. The molecule has 7 heteroatoms. The fraction of sp³-hybridized carbons (Fsp3) is 0.417. The van der Waals surface area contributed by atoms with E-state index >= 15 is 0 Å². The Balaban J connectivity index is 1.60. The van der Waals surface area contributed by atoms with E-state index in [-0.39, 0.29) is 17.9 Å². The normalized spacial score (nSPS) is 16.1. The number of benzene rings is 2. The van der Waals surface area contributed by atoms with Crippen molar-refractivity contribution in [1.29, 1.82) is 0 Å². The third-order valence-corrected chi connectivity index (χ3v) is 5.45. The average Bonchev–Trinajstić information content (AvgIpc) is 2.77. The van der Waals surface area contributed by atoms with E-state index in [0.717, 1.165) is 24.1 Å². The van der Waals surface area contributed by atoms with E-state index in [1.54, 1.807) is 11.0 Å². The second kappa shape index (κ2) is 10.9. The number of urea groups is 1. The highest BCUT2D eigenvalue weighted by Crippen LogP contribution is 2.24. The van der Waals surface area contributed by atoms with Gasteiger partial charge in [0, 0.05) is 43.3 Å². The van der Waals surface area contributed by atoms with Crippen LogP contribution in [0.4, 0.5) is 16.2 Å². The molecule has 3 amide bonds. The van der Waals surface area contributed by atoms with Crippen LogP contribution in [0.2, 0.25) is 0 Å². The summed E-state index contributed by atoms with van der Waals surface area (Å²) in [5, 5.41) is 16.5. The number of carbonyl (C=O) groups is 2. The molecule has 1 heterocycles. The summed E-state index contributed by atoms with van der Waals surface area (Å²) in [4.78, 5) is 28.5. The van der Waals surface area contributed by atoms with Gasteiger partial charge in [0.15, 0.2) is 0 Å². The van der Waals surface area contributed by atoms with E-state index in [4.69, 9.17) is 0 Å². The maximum atomic E-state index is 12.5. The van der Waals surface area contributed by atoms with Crippen molar-refractivity contribution in [3.8, 4) is 0 Å². The van der Waals surface area contributed by atoms with Crippen LogP contribution in [0.25, 0.3) is 0 Å². The van der Waals surface area contributed by atoms with E-state index in [2.05, 4.69) is 10.6 Å². The van der Waals surface area contributed by atoms with Crippen molar-refractivity contribution < 1.29 is 14.7 Å². The van der Waals surface area contributed by atoms with Gasteiger partial charge in [-0.15, -0.1) is 0 Å². The zero-order chi connectivity index (χ0) is 22.2. The molecule has 166 valence electrons. The number of anilines is 2. The van der Waals surface area contributed by atoms with Crippen molar-refractivity contribution in [3.63, 3.8) is 0 Å². The lowest BCUT2D eigenvalue weighted by molar-refractivity contribution is -0.119. The molecule has 1 saturated heterocycles. The van der Waals surface area contributed by atoms with Crippen molar-refractivity contribution in [2.75, 3.05) is 43.9 Å². The van der Waals surface area contributed by atoms with E-state index < -0.39 is 6.10 Å². The summed E-state index contributed by atoms with van der Waals surface area (Å²) in [6.07, 6.45) is 1.80. The Bertz CT molecular complexity index is 872. The van der Waals surface area contributed by atoms with Crippen LogP contribution in [0.5, 0.6) is 0 Å². The first kappa shape index (κ1) is 22.8. The van der Waals surface area contributed by atoms with Crippen LogP contribution in [0, 0.1) is 5.92 Å². The van der Waals surface area contributed by atoms with E-state index in [9.17, 15) is 14.7 Å². The summed E-state index contributed by atoms with van der Waals surface area (Å²) in [6, 6.07) is 16.5. The summed E-state index contributed by atoms with van der Waals surface area (Å²) in [7, 11) is 3.89. The lowest BCUT2D eigenvalue weighted by Gasteiger charge is -2.27. The van der Waals surface area contributed by atoms with E-state index in [0.29, 0.717) is 31.7 Å².